The standard InChI is InChI=1S/C17H19N3S/c1-10-7-8-15(14-6-5-9-18-16(10)14)20-12(3)17-11(2)19-13(4)21-17/h5-9,12,20H,1-4H3. The minimum absolute atomic E-state index is 0.238. The van der Waals surface area contributed by atoms with Gasteiger partial charge in [-0.15, -0.1) is 11.3 Å². The first-order chi connectivity index (χ1) is 10.1. The molecule has 2 aromatic heterocycles. The van der Waals surface area contributed by atoms with Crippen LogP contribution in [-0.2, 0) is 0 Å². The lowest BCUT2D eigenvalue weighted by Crippen LogP contribution is -2.07. The van der Waals surface area contributed by atoms with Crippen LogP contribution in [0.25, 0.3) is 10.9 Å². The molecule has 0 radical (unpaired) electrons. The Morgan fingerprint density at radius 1 is 1.14 bits per heavy atom. The van der Waals surface area contributed by atoms with Gasteiger partial charge < -0.3 is 5.32 Å². The lowest BCUT2D eigenvalue weighted by atomic mass is 10.1. The van der Waals surface area contributed by atoms with E-state index in [0.717, 1.165) is 21.9 Å². The molecule has 0 spiro atoms. The highest BCUT2D eigenvalue weighted by molar-refractivity contribution is 7.11. The number of pyridine rings is 1. The second-order valence-corrected chi connectivity index (χ2v) is 6.61. The van der Waals surface area contributed by atoms with Gasteiger partial charge in [0.25, 0.3) is 0 Å². The van der Waals surface area contributed by atoms with E-state index < -0.39 is 0 Å². The summed E-state index contributed by atoms with van der Waals surface area (Å²) in [4.78, 5) is 10.3. The SMILES string of the molecule is Cc1nc(C)c(C(C)Nc2ccc(C)c3ncccc23)s1. The normalized spacial score (nSPS) is 12.6. The molecule has 108 valence electrons. The molecular formula is C17H19N3S. The van der Waals surface area contributed by atoms with Gasteiger partial charge in [0.1, 0.15) is 0 Å². The Bertz CT molecular complexity index is 792. The monoisotopic (exact) mass is 297 g/mol. The lowest BCUT2D eigenvalue weighted by Gasteiger charge is -2.16. The number of fused-ring (bicyclic) bond motifs is 1. The van der Waals surface area contributed by atoms with Crippen molar-refractivity contribution < 1.29 is 0 Å². The maximum atomic E-state index is 4.52. The van der Waals surface area contributed by atoms with Gasteiger partial charge in [0, 0.05) is 22.1 Å². The number of nitrogens with one attached hydrogen (secondary N) is 1. The summed E-state index contributed by atoms with van der Waals surface area (Å²) >= 11 is 1.76. The van der Waals surface area contributed by atoms with Crippen LogP contribution in [-0.4, -0.2) is 9.97 Å². The number of hydrogen-bond acceptors (Lipinski definition) is 4. The van der Waals surface area contributed by atoms with Crippen LogP contribution in [0.2, 0.25) is 0 Å². The van der Waals surface area contributed by atoms with Gasteiger partial charge >= 0.3 is 0 Å². The van der Waals surface area contributed by atoms with E-state index in [1.54, 1.807) is 11.3 Å². The van der Waals surface area contributed by atoms with Gasteiger partial charge in [0.2, 0.25) is 0 Å². The van der Waals surface area contributed by atoms with Gasteiger partial charge in [-0.05, 0) is 51.5 Å². The fraction of sp³-hybridized carbons (Fsp3) is 0.294. The van der Waals surface area contributed by atoms with Crippen molar-refractivity contribution in [1.29, 1.82) is 0 Å². The molecule has 0 saturated heterocycles. The fourth-order valence-corrected chi connectivity index (χ4v) is 3.62. The average Bonchev–Trinajstić information content (AvgIpc) is 2.81. The number of benzene rings is 1. The van der Waals surface area contributed by atoms with Gasteiger partial charge in [0.05, 0.1) is 22.3 Å². The molecule has 4 heteroatoms. The van der Waals surface area contributed by atoms with Gasteiger partial charge in [-0.25, -0.2) is 4.98 Å². The summed E-state index contributed by atoms with van der Waals surface area (Å²) in [6.45, 7) is 8.41. The van der Waals surface area contributed by atoms with Gasteiger partial charge in [-0.2, -0.15) is 0 Å². The first-order valence-corrected chi connectivity index (χ1v) is 7.92. The quantitative estimate of drug-likeness (QED) is 0.755. The molecule has 0 fully saturated rings. The van der Waals surface area contributed by atoms with Crippen molar-refractivity contribution in [3.63, 3.8) is 0 Å². The largest absolute Gasteiger partial charge is 0.377 e. The molecule has 1 unspecified atom stereocenters. The number of aryl methyl sites for hydroxylation is 3. The Morgan fingerprint density at radius 2 is 1.95 bits per heavy atom. The first kappa shape index (κ1) is 14.0. The average molecular weight is 297 g/mol. The molecule has 0 aliphatic rings. The summed E-state index contributed by atoms with van der Waals surface area (Å²) in [7, 11) is 0. The van der Waals surface area contributed by atoms with Gasteiger partial charge in [-0.3, -0.25) is 4.98 Å². The Kier molecular flexibility index (Phi) is 3.64. The zero-order valence-electron chi connectivity index (χ0n) is 12.8. The van der Waals surface area contributed by atoms with Crippen LogP contribution in [0.4, 0.5) is 5.69 Å². The first-order valence-electron chi connectivity index (χ1n) is 7.11. The fourth-order valence-electron chi connectivity index (χ4n) is 2.69. The number of hydrogen-bond donors (Lipinski definition) is 1. The minimum Gasteiger partial charge on any atom is -0.377 e. The van der Waals surface area contributed by atoms with Crippen LogP contribution in [0.15, 0.2) is 30.5 Å². The molecule has 3 aromatic rings. The molecular weight excluding hydrogens is 278 g/mol. The van der Waals surface area contributed by atoms with E-state index in [-0.39, 0.29) is 6.04 Å². The van der Waals surface area contributed by atoms with Crippen LogP contribution in [0.1, 0.15) is 34.1 Å². The van der Waals surface area contributed by atoms with Gasteiger partial charge in [-0.1, -0.05) is 6.07 Å². The third-order valence-electron chi connectivity index (χ3n) is 3.68. The molecule has 3 rings (SSSR count). The van der Waals surface area contributed by atoms with Crippen molar-refractivity contribution in [2.75, 3.05) is 5.32 Å². The summed E-state index contributed by atoms with van der Waals surface area (Å²) in [5.41, 5.74) is 4.51. The molecule has 0 aliphatic carbocycles. The number of aromatic nitrogens is 2. The Morgan fingerprint density at radius 3 is 2.67 bits per heavy atom. The molecule has 21 heavy (non-hydrogen) atoms. The van der Waals surface area contributed by atoms with Crippen molar-refractivity contribution in [3.05, 3.63) is 51.6 Å². The molecule has 0 aliphatic heterocycles. The highest BCUT2D eigenvalue weighted by Crippen LogP contribution is 2.31. The van der Waals surface area contributed by atoms with Crippen LogP contribution in [0, 0.1) is 20.8 Å². The van der Waals surface area contributed by atoms with Crippen molar-refractivity contribution in [2.45, 2.75) is 33.7 Å². The molecule has 1 N–H and O–H groups in total. The van der Waals surface area contributed by atoms with Crippen molar-refractivity contribution >= 4 is 27.9 Å². The second kappa shape index (κ2) is 5.45. The van der Waals surface area contributed by atoms with Crippen LogP contribution >= 0.6 is 11.3 Å². The smallest absolute Gasteiger partial charge is 0.0900 e. The number of rotatable bonds is 3. The molecule has 2 heterocycles. The van der Waals surface area contributed by atoms with Crippen molar-refractivity contribution in [3.8, 4) is 0 Å². The summed E-state index contributed by atoms with van der Waals surface area (Å²) < 4.78 is 0. The summed E-state index contributed by atoms with van der Waals surface area (Å²) in [6.07, 6.45) is 1.85. The van der Waals surface area contributed by atoms with Crippen LogP contribution in [0.3, 0.4) is 0 Å². The van der Waals surface area contributed by atoms with E-state index in [9.17, 15) is 0 Å². The van der Waals surface area contributed by atoms with E-state index in [1.807, 2.05) is 12.3 Å². The van der Waals surface area contributed by atoms with E-state index in [1.165, 1.54) is 15.8 Å². The minimum atomic E-state index is 0.238. The van der Waals surface area contributed by atoms with E-state index in [4.69, 9.17) is 0 Å². The van der Waals surface area contributed by atoms with Crippen molar-refractivity contribution in [2.24, 2.45) is 0 Å². The Balaban J connectivity index is 1.99. The van der Waals surface area contributed by atoms with Crippen LogP contribution in [0.5, 0.6) is 0 Å². The second-order valence-electron chi connectivity index (χ2n) is 5.38. The summed E-state index contributed by atoms with van der Waals surface area (Å²) in [5, 5.41) is 5.90. The van der Waals surface area contributed by atoms with E-state index in [2.05, 4.69) is 61.2 Å². The molecule has 0 amide bonds. The molecule has 0 bridgehead atoms. The number of nitrogens with zero attached hydrogens (tertiary/aromatic N) is 2. The predicted molar refractivity (Wildman–Crippen MR) is 90.1 cm³/mol. The number of anilines is 1. The maximum Gasteiger partial charge on any atom is 0.0900 e. The summed E-state index contributed by atoms with van der Waals surface area (Å²) in [5.74, 6) is 0. The van der Waals surface area contributed by atoms with Gasteiger partial charge in [0.15, 0.2) is 0 Å². The van der Waals surface area contributed by atoms with Crippen molar-refractivity contribution in [1.82, 2.24) is 9.97 Å². The van der Waals surface area contributed by atoms with E-state index >= 15 is 0 Å². The lowest BCUT2D eigenvalue weighted by molar-refractivity contribution is 0.891. The van der Waals surface area contributed by atoms with Crippen LogP contribution < -0.4 is 5.32 Å². The zero-order chi connectivity index (χ0) is 15.0. The topological polar surface area (TPSA) is 37.8 Å². The third-order valence-corrected chi connectivity index (χ3v) is 4.93. The zero-order valence-corrected chi connectivity index (χ0v) is 13.6. The Hall–Kier alpha value is -1.94. The highest BCUT2D eigenvalue weighted by Gasteiger charge is 2.14. The predicted octanol–water partition coefficient (Wildman–Crippen LogP) is 4.79. The maximum absolute atomic E-state index is 4.52. The summed E-state index contributed by atoms with van der Waals surface area (Å²) in [6, 6.07) is 8.60. The van der Waals surface area contributed by atoms with E-state index in [0.29, 0.717) is 0 Å². The highest BCUT2D eigenvalue weighted by atomic mass is 32.1. The molecule has 1 aromatic carbocycles. The molecule has 3 nitrogen and oxygen atoms in total. The third kappa shape index (κ3) is 2.63. The Labute approximate surface area is 129 Å². The molecule has 1 atom stereocenters. The number of thiazole rings is 1. The molecule has 0 saturated carbocycles.